The van der Waals surface area contributed by atoms with Crippen molar-refractivity contribution < 1.29 is 13.3 Å². The van der Waals surface area contributed by atoms with Gasteiger partial charge in [-0.3, -0.25) is 10.1 Å². The molecule has 3 N–H and O–H groups in total. The van der Waals surface area contributed by atoms with E-state index in [1.54, 1.807) is 12.1 Å². The lowest BCUT2D eigenvalue weighted by Crippen LogP contribution is -2.16. The highest BCUT2D eigenvalue weighted by Gasteiger charge is 2.28. The summed E-state index contributed by atoms with van der Waals surface area (Å²) in [6, 6.07) is 6.23. The predicted octanol–water partition coefficient (Wildman–Crippen LogP) is 1.63. The summed E-state index contributed by atoms with van der Waals surface area (Å²) in [6.45, 7) is 0.861. The van der Waals surface area contributed by atoms with Crippen LogP contribution in [0.15, 0.2) is 29.2 Å². The number of hydrogen-bond acceptors (Lipinski definition) is 5. The quantitative estimate of drug-likeness (QED) is 0.646. The zero-order valence-electron chi connectivity index (χ0n) is 10.3. The van der Waals surface area contributed by atoms with E-state index in [2.05, 4.69) is 5.32 Å². The molecule has 0 atom stereocenters. The number of nitrogens with two attached hydrogens (primary N) is 1. The van der Waals surface area contributed by atoms with Crippen LogP contribution in [0.1, 0.15) is 18.6 Å². The highest BCUT2D eigenvalue weighted by molar-refractivity contribution is 7.89. The van der Waals surface area contributed by atoms with Crippen LogP contribution in [0.25, 0.3) is 10.8 Å². The zero-order valence-corrected chi connectivity index (χ0v) is 11.1. The van der Waals surface area contributed by atoms with E-state index in [9.17, 15) is 18.5 Å². The predicted molar refractivity (Wildman–Crippen MR) is 79.3 cm³/mol. The van der Waals surface area contributed by atoms with Gasteiger partial charge in [0.15, 0.2) is 0 Å². The molecule has 0 saturated heterocycles. The van der Waals surface area contributed by atoms with E-state index in [1.165, 1.54) is 12.1 Å². The van der Waals surface area contributed by atoms with Crippen molar-refractivity contribution in [3.05, 3.63) is 45.5 Å². The van der Waals surface area contributed by atoms with Crippen LogP contribution in [-0.2, 0) is 23.1 Å². The Balaban J connectivity index is 0.00000161. The van der Waals surface area contributed by atoms with Crippen LogP contribution in [0.3, 0.4) is 0 Å². The molecule has 0 radical (unpaired) electrons. The molecule has 1 aliphatic heterocycles. The highest BCUT2D eigenvalue weighted by atomic mass is 32.2. The van der Waals surface area contributed by atoms with E-state index in [-0.39, 0.29) is 23.4 Å². The first-order valence-corrected chi connectivity index (χ1v) is 7.39. The van der Waals surface area contributed by atoms with Crippen LogP contribution in [0.5, 0.6) is 0 Å². The van der Waals surface area contributed by atoms with E-state index in [4.69, 9.17) is 5.14 Å². The molecule has 8 heteroatoms. The zero-order chi connectivity index (χ0) is 14.5. The van der Waals surface area contributed by atoms with Gasteiger partial charge < -0.3 is 5.32 Å². The van der Waals surface area contributed by atoms with Gasteiger partial charge in [0.2, 0.25) is 10.0 Å². The van der Waals surface area contributed by atoms with Gasteiger partial charge in [-0.15, -0.1) is 0 Å². The molecular weight excluding hydrogens is 294 g/mol. The van der Waals surface area contributed by atoms with Gasteiger partial charge in [-0.25, -0.2) is 13.6 Å². The third kappa shape index (κ3) is 2.37. The van der Waals surface area contributed by atoms with Crippen molar-refractivity contribution in [1.29, 1.82) is 0 Å². The molecule has 1 aliphatic rings. The molecule has 0 fully saturated rings. The van der Waals surface area contributed by atoms with Crippen molar-refractivity contribution in [3.8, 4) is 0 Å². The monoisotopic (exact) mass is 309 g/mol. The Morgan fingerprint density at radius 2 is 2.00 bits per heavy atom. The van der Waals surface area contributed by atoms with Crippen LogP contribution >= 0.6 is 0 Å². The van der Waals surface area contributed by atoms with Crippen LogP contribution in [0.4, 0.5) is 5.69 Å². The van der Waals surface area contributed by atoms with Crippen LogP contribution in [0.2, 0.25) is 0 Å². The molecule has 21 heavy (non-hydrogen) atoms. The smallest absolute Gasteiger partial charge is 0.278 e. The number of primary sulfonamides is 1. The van der Waals surface area contributed by atoms with E-state index in [0.29, 0.717) is 24.0 Å². The maximum atomic E-state index is 11.9. The Bertz CT molecular complexity index is 846. The van der Waals surface area contributed by atoms with Crippen molar-refractivity contribution in [1.82, 2.24) is 5.32 Å². The minimum atomic E-state index is -4.06. The lowest BCUT2D eigenvalue weighted by atomic mass is 10.0. The molecule has 0 saturated carbocycles. The van der Waals surface area contributed by atoms with Gasteiger partial charge in [-0.05, 0) is 22.6 Å². The van der Waals surface area contributed by atoms with E-state index >= 15 is 0 Å². The average Bonchev–Trinajstić information content (AvgIpc) is 2.80. The fraction of sp³-hybridized carbons (Fsp3) is 0.231. The molecule has 0 spiro atoms. The third-order valence-corrected chi connectivity index (χ3v) is 4.41. The summed E-state index contributed by atoms with van der Waals surface area (Å²) in [7, 11) is -4.06. The SMILES string of the molecule is C.NS(=O)(=O)c1c2c(cc3cccc([N+](=O)[O-])c13)CNC2. The average molecular weight is 309 g/mol. The normalized spacial score (nSPS) is 13.8. The van der Waals surface area contributed by atoms with Crippen LogP contribution < -0.4 is 10.5 Å². The number of nitrogens with zero attached hydrogens (tertiary/aromatic N) is 1. The lowest BCUT2D eigenvalue weighted by molar-refractivity contribution is -0.383. The lowest BCUT2D eigenvalue weighted by Gasteiger charge is -2.10. The van der Waals surface area contributed by atoms with Crippen molar-refractivity contribution in [2.24, 2.45) is 5.14 Å². The first-order valence-electron chi connectivity index (χ1n) is 5.85. The molecule has 0 aromatic heterocycles. The maximum Gasteiger partial charge on any atom is 0.278 e. The van der Waals surface area contributed by atoms with Crippen molar-refractivity contribution in [2.75, 3.05) is 0 Å². The highest BCUT2D eigenvalue weighted by Crippen LogP contribution is 2.36. The number of rotatable bonds is 2. The van der Waals surface area contributed by atoms with Gasteiger partial charge in [0, 0.05) is 19.2 Å². The molecule has 1 heterocycles. The Morgan fingerprint density at radius 1 is 1.29 bits per heavy atom. The number of nitro benzene ring substituents is 1. The van der Waals surface area contributed by atoms with Gasteiger partial charge >= 0.3 is 0 Å². The number of benzene rings is 2. The second-order valence-electron chi connectivity index (χ2n) is 4.62. The first-order chi connectivity index (χ1) is 9.39. The summed E-state index contributed by atoms with van der Waals surface area (Å²) in [5.74, 6) is 0. The summed E-state index contributed by atoms with van der Waals surface area (Å²) in [5.41, 5.74) is 1.08. The number of sulfonamides is 1. The number of fused-ring (bicyclic) bond motifs is 2. The minimum Gasteiger partial charge on any atom is -0.309 e. The summed E-state index contributed by atoms with van der Waals surface area (Å²) in [6.07, 6.45) is 0. The van der Waals surface area contributed by atoms with E-state index in [1.807, 2.05) is 0 Å². The second-order valence-corrected chi connectivity index (χ2v) is 6.12. The standard InChI is InChI=1S/C12H11N3O4S.CH4/c13-20(18,19)12-9-6-14-5-8(9)4-7-2-1-3-10(11(7)12)15(16)17;/h1-4,14H,5-6H2,(H2,13,18,19);1H4. The fourth-order valence-electron chi connectivity index (χ4n) is 2.64. The van der Waals surface area contributed by atoms with Crippen LogP contribution in [0, 0.1) is 10.1 Å². The number of non-ortho nitro benzene ring substituents is 1. The van der Waals surface area contributed by atoms with E-state index < -0.39 is 14.9 Å². The topological polar surface area (TPSA) is 115 Å². The number of hydrogen-bond donors (Lipinski definition) is 2. The molecule has 3 rings (SSSR count). The molecule has 0 aliphatic carbocycles. The van der Waals surface area contributed by atoms with Gasteiger partial charge in [-0.1, -0.05) is 19.6 Å². The van der Waals surface area contributed by atoms with Crippen molar-refractivity contribution in [3.63, 3.8) is 0 Å². The molecule has 2 aromatic rings. The maximum absolute atomic E-state index is 11.9. The Hall–Kier alpha value is -2.03. The molecule has 0 unspecified atom stereocenters. The van der Waals surface area contributed by atoms with Gasteiger partial charge in [0.25, 0.3) is 5.69 Å². The molecular formula is C13H15N3O4S. The molecule has 2 aromatic carbocycles. The Morgan fingerprint density at radius 3 is 2.62 bits per heavy atom. The van der Waals surface area contributed by atoms with Gasteiger partial charge in [0.1, 0.15) is 4.90 Å². The third-order valence-electron chi connectivity index (χ3n) is 3.39. The minimum absolute atomic E-state index is 0. The van der Waals surface area contributed by atoms with Crippen molar-refractivity contribution >= 4 is 26.5 Å². The summed E-state index contributed by atoms with van der Waals surface area (Å²) in [5, 5.41) is 20.1. The van der Waals surface area contributed by atoms with E-state index in [0.717, 1.165) is 5.56 Å². The van der Waals surface area contributed by atoms with Gasteiger partial charge in [-0.2, -0.15) is 0 Å². The second kappa shape index (κ2) is 5.06. The molecule has 0 amide bonds. The number of nitro groups is 1. The summed E-state index contributed by atoms with van der Waals surface area (Å²) < 4.78 is 23.8. The van der Waals surface area contributed by atoms with Crippen LogP contribution in [-0.4, -0.2) is 13.3 Å². The summed E-state index contributed by atoms with van der Waals surface area (Å²) >= 11 is 0. The number of nitrogens with one attached hydrogen (secondary N) is 1. The Kier molecular flexibility index (Phi) is 3.70. The first kappa shape index (κ1) is 15.4. The van der Waals surface area contributed by atoms with Gasteiger partial charge in [0.05, 0.1) is 10.3 Å². The Labute approximate surface area is 122 Å². The largest absolute Gasteiger partial charge is 0.309 e. The fourth-order valence-corrected chi connectivity index (χ4v) is 3.69. The molecule has 0 bridgehead atoms. The molecule has 112 valence electrons. The molecule has 7 nitrogen and oxygen atoms in total. The van der Waals surface area contributed by atoms with Crippen molar-refractivity contribution in [2.45, 2.75) is 25.4 Å². The summed E-state index contributed by atoms with van der Waals surface area (Å²) in [4.78, 5) is 10.4.